The van der Waals surface area contributed by atoms with E-state index < -0.39 is 10.0 Å². The van der Waals surface area contributed by atoms with Crippen LogP contribution in [0.25, 0.3) is 0 Å². The molecule has 1 aromatic rings. The van der Waals surface area contributed by atoms with E-state index in [0.29, 0.717) is 13.1 Å². The van der Waals surface area contributed by atoms with Crippen molar-refractivity contribution in [2.75, 3.05) is 44.4 Å². The van der Waals surface area contributed by atoms with Gasteiger partial charge in [-0.3, -0.25) is 0 Å². The van der Waals surface area contributed by atoms with Crippen LogP contribution in [-0.2, 0) is 16.6 Å². The smallest absolute Gasteiger partial charge is 0.211 e. The minimum atomic E-state index is -3.06. The lowest BCUT2D eigenvalue weighted by Crippen LogP contribution is -2.48. The van der Waals surface area contributed by atoms with E-state index in [2.05, 4.69) is 35.3 Å². The van der Waals surface area contributed by atoms with Gasteiger partial charge in [-0.1, -0.05) is 17.7 Å². The first-order valence-electron chi connectivity index (χ1n) is 6.86. The maximum absolute atomic E-state index is 11.5. The summed E-state index contributed by atoms with van der Waals surface area (Å²) in [6, 6.07) is 6.43. The highest BCUT2D eigenvalue weighted by Crippen LogP contribution is 2.23. The van der Waals surface area contributed by atoms with Gasteiger partial charge >= 0.3 is 0 Å². The number of anilines is 1. The van der Waals surface area contributed by atoms with Gasteiger partial charge in [0.2, 0.25) is 10.0 Å². The van der Waals surface area contributed by atoms with Gasteiger partial charge in [-0.2, -0.15) is 4.31 Å². The van der Waals surface area contributed by atoms with Gasteiger partial charge in [-0.05, 0) is 25.6 Å². The predicted molar refractivity (Wildman–Crippen MR) is 82.6 cm³/mol. The number of hydrogen-bond donors (Lipinski definition) is 1. The normalized spacial score (nSPS) is 17.4. The second-order valence-corrected chi connectivity index (χ2v) is 7.29. The number of rotatable bonds is 4. The summed E-state index contributed by atoms with van der Waals surface area (Å²) >= 11 is 0. The molecule has 2 rings (SSSR count). The van der Waals surface area contributed by atoms with Crippen LogP contribution in [0.15, 0.2) is 18.2 Å². The molecule has 1 heterocycles. The average Bonchev–Trinajstić information content (AvgIpc) is 2.38. The van der Waals surface area contributed by atoms with Crippen LogP contribution in [-0.4, -0.2) is 52.2 Å². The fraction of sp³-hybridized carbons (Fsp3) is 0.571. The van der Waals surface area contributed by atoms with Crippen molar-refractivity contribution in [1.82, 2.24) is 9.62 Å². The maximum Gasteiger partial charge on any atom is 0.211 e. The molecule has 0 aliphatic carbocycles. The monoisotopic (exact) mass is 297 g/mol. The lowest BCUT2D eigenvalue weighted by Gasteiger charge is -2.35. The summed E-state index contributed by atoms with van der Waals surface area (Å²) in [5, 5.41) is 3.19. The van der Waals surface area contributed by atoms with E-state index in [1.54, 1.807) is 4.31 Å². The van der Waals surface area contributed by atoms with E-state index in [1.165, 1.54) is 23.1 Å². The molecule has 20 heavy (non-hydrogen) atoms. The zero-order chi connectivity index (χ0) is 14.8. The van der Waals surface area contributed by atoms with E-state index in [0.717, 1.165) is 19.6 Å². The van der Waals surface area contributed by atoms with Gasteiger partial charge in [-0.25, -0.2) is 8.42 Å². The van der Waals surface area contributed by atoms with Gasteiger partial charge in [0, 0.05) is 38.4 Å². The predicted octanol–water partition coefficient (Wildman–Crippen LogP) is 0.796. The van der Waals surface area contributed by atoms with Crippen LogP contribution in [0.5, 0.6) is 0 Å². The highest BCUT2D eigenvalue weighted by molar-refractivity contribution is 7.88. The molecule has 1 saturated heterocycles. The third-order valence-corrected chi connectivity index (χ3v) is 4.95. The summed E-state index contributed by atoms with van der Waals surface area (Å²) in [4.78, 5) is 2.27. The number of nitrogens with zero attached hydrogens (tertiary/aromatic N) is 2. The molecule has 1 fully saturated rings. The van der Waals surface area contributed by atoms with Gasteiger partial charge in [0.05, 0.1) is 6.26 Å². The van der Waals surface area contributed by atoms with Crippen molar-refractivity contribution in [2.45, 2.75) is 13.5 Å². The first-order chi connectivity index (χ1) is 9.41. The molecule has 0 aromatic heterocycles. The van der Waals surface area contributed by atoms with Crippen LogP contribution in [0.1, 0.15) is 11.1 Å². The molecule has 0 saturated carbocycles. The van der Waals surface area contributed by atoms with Crippen LogP contribution in [0, 0.1) is 6.92 Å². The summed E-state index contributed by atoms with van der Waals surface area (Å²) in [6.07, 6.45) is 1.28. The Morgan fingerprint density at radius 1 is 1.20 bits per heavy atom. The number of nitrogens with one attached hydrogen (secondary N) is 1. The minimum Gasteiger partial charge on any atom is -0.369 e. The van der Waals surface area contributed by atoms with Gasteiger partial charge in [-0.15, -0.1) is 0 Å². The number of benzene rings is 1. The van der Waals surface area contributed by atoms with E-state index in [4.69, 9.17) is 0 Å². The summed E-state index contributed by atoms with van der Waals surface area (Å²) in [7, 11) is -1.13. The van der Waals surface area contributed by atoms with Crippen molar-refractivity contribution in [2.24, 2.45) is 0 Å². The molecule has 1 N–H and O–H groups in total. The Bertz CT molecular complexity index is 564. The van der Waals surface area contributed by atoms with Crippen LogP contribution >= 0.6 is 0 Å². The molecule has 112 valence electrons. The number of aryl methyl sites for hydroxylation is 1. The molecular weight excluding hydrogens is 274 g/mol. The van der Waals surface area contributed by atoms with Crippen molar-refractivity contribution in [3.63, 3.8) is 0 Å². The third kappa shape index (κ3) is 3.50. The Balaban J connectivity index is 2.14. The van der Waals surface area contributed by atoms with E-state index >= 15 is 0 Å². The van der Waals surface area contributed by atoms with Crippen LogP contribution < -0.4 is 10.2 Å². The van der Waals surface area contributed by atoms with Crippen molar-refractivity contribution in [3.05, 3.63) is 29.3 Å². The Hall–Kier alpha value is -1.11. The quantitative estimate of drug-likeness (QED) is 0.893. The van der Waals surface area contributed by atoms with Gasteiger partial charge in [0.1, 0.15) is 0 Å². The molecule has 1 aliphatic rings. The van der Waals surface area contributed by atoms with E-state index in [-0.39, 0.29) is 0 Å². The molecule has 0 atom stereocenters. The Morgan fingerprint density at radius 3 is 2.40 bits per heavy atom. The van der Waals surface area contributed by atoms with Crippen molar-refractivity contribution >= 4 is 15.7 Å². The molecular formula is C14H23N3O2S. The summed E-state index contributed by atoms with van der Waals surface area (Å²) in [6.45, 7) is 5.52. The standard InChI is InChI=1S/C14H23N3O2S/c1-12-4-5-14(13(10-12)11-15-2)16-6-8-17(9-7-16)20(3,18)19/h4-5,10,15H,6-9,11H2,1-3H3. The van der Waals surface area contributed by atoms with Crippen molar-refractivity contribution < 1.29 is 8.42 Å². The molecule has 0 unspecified atom stereocenters. The summed E-state index contributed by atoms with van der Waals surface area (Å²) in [5.74, 6) is 0. The van der Waals surface area contributed by atoms with Gasteiger partial charge < -0.3 is 10.2 Å². The molecule has 0 radical (unpaired) electrons. The van der Waals surface area contributed by atoms with Crippen molar-refractivity contribution in [1.29, 1.82) is 0 Å². The number of piperazine rings is 1. The summed E-state index contributed by atoms with van der Waals surface area (Å²) < 4.78 is 24.6. The fourth-order valence-electron chi connectivity index (χ4n) is 2.62. The lowest BCUT2D eigenvalue weighted by atomic mass is 10.1. The number of sulfonamides is 1. The first-order valence-corrected chi connectivity index (χ1v) is 8.71. The third-order valence-electron chi connectivity index (χ3n) is 3.65. The van der Waals surface area contributed by atoms with Crippen LogP contribution in [0.2, 0.25) is 0 Å². The van der Waals surface area contributed by atoms with Crippen LogP contribution in [0.3, 0.4) is 0 Å². The average molecular weight is 297 g/mol. The first kappa shape index (κ1) is 15.3. The molecule has 1 aromatic carbocycles. The molecule has 5 nitrogen and oxygen atoms in total. The highest BCUT2D eigenvalue weighted by Gasteiger charge is 2.24. The zero-order valence-electron chi connectivity index (χ0n) is 12.4. The maximum atomic E-state index is 11.5. The SMILES string of the molecule is CNCc1cc(C)ccc1N1CCN(S(C)(=O)=O)CC1. The van der Waals surface area contributed by atoms with Crippen molar-refractivity contribution in [3.8, 4) is 0 Å². The topological polar surface area (TPSA) is 52.6 Å². The lowest BCUT2D eigenvalue weighted by molar-refractivity contribution is 0.387. The Labute approximate surface area is 121 Å². The molecule has 6 heteroatoms. The van der Waals surface area contributed by atoms with Gasteiger partial charge in [0.15, 0.2) is 0 Å². The van der Waals surface area contributed by atoms with Crippen LogP contribution in [0.4, 0.5) is 5.69 Å². The molecule has 0 spiro atoms. The Morgan fingerprint density at radius 2 is 1.85 bits per heavy atom. The molecule has 0 bridgehead atoms. The zero-order valence-corrected chi connectivity index (χ0v) is 13.2. The highest BCUT2D eigenvalue weighted by atomic mass is 32.2. The summed E-state index contributed by atoms with van der Waals surface area (Å²) in [5.41, 5.74) is 3.71. The minimum absolute atomic E-state index is 0.561. The molecule has 1 aliphatic heterocycles. The second kappa shape index (κ2) is 6.11. The van der Waals surface area contributed by atoms with E-state index in [1.807, 2.05) is 7.05 Å². The molecule has 0 amide bonds. The van der Waals surface area contributed by atoms with E-state index in [9.17, 15) is 8.42 Å². The Kier molecular flexibility index (Phi) is 4.67. The second-order valence-electron chi connectivity index (χ2n) is 5.31. The number of hydrogen-bond acceptors (Lipinski definition) is 4. The fourth-order valence-corrected chi connectivity index (χ4v) is 3.44. The van der Waals surface area contributed by atoms with Gasteiger partial charge in [0.25, 0.3) is 0 Å². The largest absolute Gasteiger partial charge is 0.369 e.